The van der Waals surface area contributed by atoms with Crippen molar-refractivity contribution in [3.63, 3.8) is 0 Å². The monoisotopic (exact) mass is 635 g/mol. The first-order chi connectivity index (χ1) is 22.0. The first kappa shape index (κ1) is 31.5. The molecule has 2 aromatic carbocycles. The van der Waals surface area contributed by atoms with Gasteiger partial charge in [-0.2, -0.15) is 9.97 Å². The van der Waals surface area contributed by atoms with Crippen LogP contribution in [0.4, 0.5) is 14.6 Å². The molecule has 3 aliphatic heterocycles. The molecule has 0 radical (unpaired) electrons. The van der Waals surface area contributed by atoms with Crippen molar-refractivity contribution in [1.29, 1.82) is 0 Å². The van der Waals surface area contributed by atoms with Gasteiger partial charge in [-0.3, -0.25) is 4.90 Å². The van der Waals surface area contributed by atoms with E-state index < -0.39 is 17.6 Å². The number of halogens is 2. The Morgan fingerprint density at radius 3 is 2.65 bits per heavy atom. The van der Waals surface area contributed by atoms with Crippen molar-refractivity contribution < 1.29 is 23.0 Å². The van der Waals surface area contributed by atoms with Gasteiger partial charge in [-0.1, -0.05) is 6.07 Å². The molecule has 5 heterocycles. The van der Waals surface area contributed by atoms with Crippen LogP contribution in [0.3, 0.4) is 0 Å². The Balaban J connectivity index is 0.000000352. The predicted octanol–water partition coefficient (Wildman–Crippen LogP) is 4.42. The molecule has 46 heavy (non-hydrogen) atoms. The molecular formula is C33H39F2N7O4. The normalized spacial score (nSPS) is 21.2. The second-order valence-electron chi connectivity index (χ2n) is 12.3. The predicted molar refractivity (Wildman–Crippen MR) is 174 cm³/mol. The van der Waals surface area contributed by atoms with Crippen molar-refractivity contribution in [2.45, 2.75) is 57.8 Å². The summed E-state index contributed by atoms with van der Waals surface area (Å²) in [6.45, 7) is 6.37. The fraction of sp³-hybridized carbons (Fsp3) is 0.424. The number of phenolic OH excluding ortho intramolecular Hbond substituents is 1. The number of hydrogen-bond donors (Lipinski definition) is 3. The number of phenols is 1. The van der Waals surface area contributed by atoms with Gasteiger partial charge in [0.05, 0.1) is 18.3 Å². The number of methoxy groups -OCH3 is 1. The number of aromatic nitrogens is 2. The molecule has 3 saturated heterocycles. The lowest BCUT2D eigenvalue weighted by Gasteiger charge is -2.40. The number of aromatic hydroxyl groups is 1. The van der Waals surface area contributed by atoms with E-state index in [1.165, 1.54) is 55.4 Å². The summed E-state index contributed by atoms with van der Waals surface area (Å²) in [6.07, 6.45) is 5.15. The largest absolute Gasteiger partial charge is 0.508 e. The van der Waals surface area contributed by atoms with Gasteiger partial charge in [0.15, 0.2) is 5.82 Å². The smallest absolute Gasteiger partial charge is 0.349 e. The SMILES string of the molecule is COc1nc(N2CCC2C)c2c(=O)oc(-c3cc(O)cc4ccc(F)c(/C(N)=C/N(C)N)c34)c(C)c2n1.FC1CC2CCCN2C1. The molecule has 7 rings (SSSR count). The van der Waals surface area contributed by atoms with Crippen molar-refractivity contribution in [1.82, 2.24) is 19.9 Å². The van der Waals surface area contributed by atoms with E-state index >= 15 is 4.39 Å². The molecule has 0 amide bonds. The number of fused-ring (bicyclic) bond motifs is 3. The second kappa shape index (κ2) is 12.4. The lowest BCUT2D eigenvalue weighted by atomic mass is 9.93. The highest BCUT2D eigenvalue weighted by Gasteiger charge is 2.35. The maximum absolute atomic E-state index is 15.2. The third kappa shape index (κ3) is 5.69. The molecule has 11 nitrogen and oxygen atoms in total. The lowest BCUT2D eigenvalue weighted by Crippen LogP contribution is -2.46. The molecule has 0 bridgehead atoms. The molecule has 0 aliphatic carbocycles. The molecule has 4 aromatic rings. The van der Waals surface area contributed by atoms with Crippen molar-refractivity contribution >= 4 is 33.2 Å². The Bertz CT molecular complexity index is 1880. The summed E-state index contributed by atoms with van der Waals surface area (Å²) < 4.78 is 39.0. The first-order valence-electron chi connectivity index (χ1n) is 15.4. The lowest BCUT2D eigenvalue weighted by molar-refractivity contribution is 0.292. The highest BCUT2D eigenvalue weighted by molar-refractivity contribution is 6.05. The third-order valence-corrected chi connectivity index (χ3v) is 9.13. The number of nitrogens with two attached hydrogens (primary N) is 2. The van der Waals surface area contributed by atoms with E-state index in [0.29, 0.717) is 40.3 Å². The third-order valence-electron chi connectivity index (χ3n) is 9.13. The minimum absolute atomic E-state index is 0.0545. The van der Waals surface area contributed by atoms with E-state index in [0.717, 1.165) is 25.9 Å². The van der Waals surface area contributed by atoms with Crippen LogP contribution in [0.1, 0.15) is 43.7 Å². The molecule has 3 aliphatic rings. The maximum atomic E-state index is 15.2. The van der Waals surface area contributed by atoms with Crippen molar-refractivity contribution in [3.05, 3.63) is 57.8 Å². The summed E-state index contributed by atoms with van der Waals surface area (Å²) in [5.41, 5.74) is 6.79. The Labute approximate surface area is 265 Å². The molecule has 3 atom stereocenters. The van der Waals surface area contributed by atoms with Crippen LogP contribution in [0.15, 0.2) is 39.7 Å². The van der Waals surface area contributed by atoms with Gasteiger partial charge >= 0.3 is 11.6 Å². The van der Waals surface area contributed by atoms with Gasteiger partial charge in [0.25, 0.3) is 0 Å². The van der Waals surface area contributed by atoms with Gasteiger partial charge in [-0.15, -0.1) is 0 Å². The molecule has 2 aromatic heterocycles. The van der Waals surface area contributed by atoms with Gasteiger partial charge in [-0.25, -0.2) is 19.4 Å². The number of rotatable bonds is 5. The number of alkyl halides is 1. The number of benzene rings is 2. The van der Waals surface area contributed by atoms with E-state index in [9.17, 15) is 14.3 Å². The van der Waals surface area contributed by atoms with Crippen LogP contribution in [-0.2, 0) is 0 Å². The van der Waals surface area contributed by atoms with Gasteiger partial charge in [-0.05, 0) is 69.7 Å². The Morgan fingerprint density at radius 2 is 2.00 bits per heavy atom. The summed E-state index contributed by atoms with van der Waals surface area (Å²) in [4.78, 5) is 26.6. The van der Waals surface area contributed by atoms with E-state index in [4.69, 9.17) is 20.7 Å². The molecule has 3 fully saturated rings. The minimum atomic E-state index is -0.660. The zero-order valence-electron chi connectivity index (χ0n) is 26.4. The molecule has 0 saturated carbocycles. The van der Waals surface area contributed by atoms with Gasteiger partial charge in [0, 0.05) is 60.5 Å². The van der Waals surface area contributed by atoms with E-state index in [2.05, 4.69) is 14.9 Å². The fourth-order valence-corrected chi connectivity index (χ4v) is 6.80. The topological polar surface area (TPSA) is 147 Å². The number of hydrogen-bond acceptors (Lipinski definition) is 11. The van der Waals surface area contributed by atoms with Crippen LogP contribution >= 0.6 is 0 Å². The molecule has 13 heteroatoms. The van der Waals surface area contributed by atoms with Crippen molar-refractivity contribution in [3.8, 4) is 23.1 Å². The number of hydrazine groups is 1. The molecule has 3 unspecified atom stereocenters. The fourth-order valence-electron chi connectivity index (χ4n) is 6.80. The summed E-state index contributed by atoms with van der Waals surface area (Å²) in [6, 6.07) is 6.55. The average molecular weight is 636 g/mol. The molecular weight excluding hydrogens is 596 g/mol. The van der Waals surface area contributed by atoms with Gasteiger partial charge in [0.2, 0.25) is 0 Å². The Hall–Kier alpha value is -4.49. The highest BCUT2D eigenvalue weighted by atomic mass is 19.1. The highest BCUT2D eigenvalue weighted by Crippen LogP contribution is 2.41. The second-order valence-corrected chi connectivity index (χ2v) is 12.3. The van der Waals surface area contributed by atoms with Crippen molar-refractivity contribution in [2.75, 3.05) is 38.7 Å². The Kier molecular flexibility index (Phi) is 8.47. The summed E-state index contributed by atoms with van der Waals surface area (Å²) in [7, 11) is 3.01. The maximum Gasteiger partial charge on any atom is 0.349 e. The summed E-state index contributed by atoms with van der Waals surface area (Å²) >= 11 is 0. The van der Waals surface area contributed by atoms with Crippen LogP contribution in [-0.4, -0.2) is 77.0 Å². The van der Waals surface area contributed by atoms with E-state index in [1.54, 1.807) is 14.0 Å². The quantitative estimate of drug-likeness (QED) is 0.212. The number of ether oxygens (including phenoxy) is 1. The molecule has 0 spiro atoms. The zero-order valence-corrected chi connectivity index (χ0v) is 26.4. The molecule has 244 valence electrons. The van der Waals surface area contributed by atoms with Crippen molar-refractivity contribution in [2.24, 2.45) is 11.6 Å². The number of aryl methyl sites for hydroxylation is 1. The zero-order chi connectivity index (χ0) is 32.9. The van der Waals surface area contributed by atoms with Crippen LogP contribution in [0, 0.1) is 12.7 Å². The summed E-state index contributed by atoms with van der Waals surface area (Å²) in [5, 5.41) is 12.8. The van der Waals surface area contributed by atoms with Crippen LogP contribution in [0.25, 0.3) is 38.7 Å². The number of anilines is 1. The summed E-state index contributed by atoms with van der Waals surface area (Å²) in [5.74, 6) is 5.57. The average Bonchev–Trinajstić information content (AvgIpc) is 3.58. The van der Waals surface area contributed by atoms with Crippen LogP contribution in [0.5, 0.6) is 11.8 Å². The Morgan fingerprint density at radius 1 is 1.22 bits per heavy atom. The van der Waals surface area contributed by atoms with E-state index in [1.807, 2.05) is 11.8 Å². The first-order valence-corrected chi connectivity index (χ1v) is 15.4. The van der Waals surface area contributed by atoms with E-state index in [-0.39, 0.29) is 45.8 Å². The van der Waals surface area contributed by atoms with Gasteiger partial charge < -0.3 is 29.9 Å². The van der Waals surface area contributed by atoms with Crippen LogP contribution < -0.4 is 26.8 Å². The minimum Gasteiger partial charge on any atom is -0.508 e. The standard InChI is InChI=1S/C26H27FN6O4.C7H12FN/c1-12-7-8-33(12)24-21-22(30-26(31-24)36-4)13(2)23(37-25(21)35)16-10-15(34)9-14-5-6-17(27)20(19(14)16)18(28)11-32(3)29;8-6-4-7-2-1-3-9(7)5-6/h5-6,9-12,34H,7-8,28-29H2,1-4H3;6-7H,1-5H2/b18-11-;. The number of nitrogens with zero attached hydrogens (tertiary/aromatic N) is 5. The van der Waals surface area contributed by atoms with Gasteiger partial charge in [0.1, 0.15) is 28.9 Å². The molecule has 5 N–H and O–H groups in total. The van der Waals surface area contributed by atoms with Crippen LogP contribution in [0.2, 0.25) is 0 Å².